The van der Waals surface area contributed by atoms with Crippen molar-refractivity contribution in [3.05, 3.63) is 71.4 Å². The SMILES string of the molecule is CC(=O)c1cccc(NC(=O)/C(C#N)=C\Nc2ccccc2C(N)=O)c1. The number of para-hydroxylation sites is 1. The molecule has 0 saturated carbocycles. The normalized spacial score (nSPS) is 10.5. The Hall–Kier alpha value is -3.92. The minimum Gasteiger partial charge on any atom is -0.366 e. The molecule has 0 unspecified atom stereocenters. The minimum atomic E-state index is -0.655. The number of anilines is 2. The average Bonchev–Trinajstić information content (AvgIpc) is 2.62. The van der Waals surface area contributed by atoms with Crippen molar-refractivity contribution in [1.29, 1.82) is 5.26 Å². The number of rotatable bonds is 6. The molecule has 0 atom stereocenters. The van der Waals surface area contributed by atoms with Crippen molar-refractivity contribution in [1.82, 2.24) is 0 Å². The molecule has 26 heavy (non-hydrogen) atoms. The van der Waals surface area contributed by atoms with Crippen LogP contribution in [0.4, 0.5) is 11.4 Å². The zero-order valence-electron chi connectivity index (χ0n) is 13.9. The summed E-state index contributed by atoms with van der Waals surface area (Å²) in [7, 11) is 0. The Kier molecular flexibility index (Phi) is 5.85. The van der Waals surface area contributed by atoms with Crippen molar-refractivity contribution < 1.29 is 14.4 Å². The Balaban J connectivity index is 2.18. The molecule has 0 saturated heterocycles. The van der Waals surface area contributed by atoms with Crippen LogP contribution in [-0.2, 0) is 4.79 Å². The number of amides is 2. The first-order valence-corrected chi connectivity index (χ1v) is 7.60. The van der Waals surface area contributed by atoms with Gasteiger partial charge in [0, 0.05) is 17.5 Å². The predicted octanol–water partition coefficient (Wildman–Crippen LogP) is 2.45. The van der Waals surface area contributed by atoms with Gasteiger partial charge in [0.05, 0.1) is 11.3 Å². The molecule has 0 bridgehead atoms. The molecule has 130 valence electrons. The summed E-state index contributed by atoms with van der Waals surface area (Å²) >= 11 is 0. The molecule has 7 heteroatoms. The number of carbonyl (C=O) groups is 3. The molecule has 0 aliphatic heterocycles. The van der Waals surface area contributed by atoms with Crippen LogP contribution in [0.25, 0.3) is 0 Å². The van der Waals surface area contributed by atoms with E-state index >= 15 is 0 Å². The molecule has 0 heterocycles. The van der Waals surface area contributed by atoms with Crippen molar-refractivity contribution in [3.8, 4) is 6.07 Å². The van der Waals surface area contributed by atoms with Gasteiger partial charge in [-0.15, -0.1) is 0 Å². The van der Waals surface area contributed by atoms with Crippen molar-refractivity contribution in [2.45, 2.75) is 6.92 Å². The molecule has 7 nitrogen and oxygen atoms in total. The molecule has 4 N–H and O–H groups in total. The molecule has 2 rings (SSSR count). The van der Waals surface area contributed by atoms with E-state index in [2.05, 4.69) is 10.6 Å². The van der Waals surface area contributed by atoms with E-state index in [1.165, 1.54) is 25.3 Å². The molecule has 0 spiro atoms. The van der Waals surface area contributed by atoms with Gasteiger partial charge >= 0.3 is 0 Å². The third-order valence-corrected chi connectivity index (χ3v) is 3.46. The maximum absolute atomic E-state index is 12.2. The lowest BCUT2D eigenvalue weighted by molar-refractivity contribution is -0.112. The summed E-state index contributed by atoms with van der Waals surface area (Å²) in [4.78, 5) is 35.0. The molecule has 2 amide bonds. The van der Waals surface area contributed by atoms with E-state index in [4.69, 9.17) is 5.73 Å². The lowest BCUT2D eigenvalue weighted by Crippen LogP contribution is -2.16. The fourth-order valence-electron chi connectivity index (χ4n) is 2.14. The van der Waals surface area contributed by atoms with Crippen LogP contribution < -0.4 is 16.4 Å². The lowest BCUT2D eigenvalue weighted by Gasteiger charge is -2.08. The van der Waals surface area contributed by atoms with Gasteiger partial charge in [-0.3, -0.25) is 14.4 Å². The van der Waals surface area contributed by atoms with Crippen LogP contribution in [0.15, 0.2) is 60.3 Å². The minimum absolute atomic E-state index is 0.137. The average molecular weight is 348 g/mol. The quantitative estimate of drug-likeness (QED) is 0.420. The van der Waals surface area contributed by atoms with Crippen LogP contribution in [0.5, 0.6) is 0 Å². The molecular formula is C19H16N4O3. The van der Waals surface area contributed by atoms with Gasteiger partial charge in [0.1, 0.15) is 11.6 Å². The summed E-state index contributed by atoms with van der Waals surface area (Å²) < 4.78 is 0. The second-order valence-electron chi connectivity index (χ2n) is 5.32. The number of nitrogens with one attached hydrogen (secondary N) is 2. The van der Waals surface area contributed by atoms with Crippen LogP contribution >= 0.6 is 0 Å². The van der Waals surface area contributed by atoms with E-state index in [0.717, 1.165) is 0 Å². The number of primary amides is 1. The Morgan fingerprint density at radius 3 is 2.50 bits per heavy atom. The molecule has 0 aromatic heterocycles. The van der Waals surface area contributed by atoms with Gasteiger partial charge in [0.15, 0.2) is 5.78 Å². The summed E-state index contributed by atoms with van der Waals surface area (Å²) in [6, 6.07) is 14.6. The Morgan fingerprint density at radius 2 is 1.85 bits per heavy atom. The first-order valence-electron chi connectivity index (χ1n) is 7.60. The Bertz CT molecular complexity index is 942. The molecule has 2 aromatic rings. The highest BCUT2D eigenvalue weighted by molar-refractivity contribution is 6.07. The van der Waals surface area contributed by atoms with Crippen LogP contribution in [-0.4, -0.2) is 17.6 Å². The number of nitrogens with two attached hydrogens (primary N) is 1. The van der Waals surface area contributed by atoms with Gasteiger partial charge in [-0.25, -0.2) is 0 Å². The van der Waals surface area contributed by atoms with Gasteiger partial charge in [0.2, 0.25) is 0 Å². The molecule has 2 aromatic carbocycles. The molecule has 0 aliphatic rings. The van der Waals surface area contributed by atoms with Crippen LogP contribution in [0, 0.1) is 11.3 Å². The van der Waals surface area contributed by atoms with Gasteiger partial charge < -0.3 is 16.4 Å². The molecule has 0 fully saturated rings. The van der Waals surface area contributed by atoms with E-state index < -0.39 is 11.8 Å². The number of Topliss-reactive ketones (excluding diaryl/α,β-unsaturated/α-hetero) is 1. The fraction of sp³-hybridized carbons (Fsp3) is 0.0526. The molecule has 0 aliphatic carbocycles. The standard InChI is InChI=1S/C19H16N4O3/c1-12(24)13-5-4-6-15(9-13)23-19(26)14(10-20)11-22-17-8-3-2-7-16(17)18(21)25/h2-9,11,22H,1H3,(H2,21,25)(H,23,26)/b14-11-. The third kappa shape index (κ3) is 4.55. The number of hydrogen-bond acceptors (Lipinski definition) is 5. The second kappa shape index (κ2) is 8.26. The number of ketones is 1. The second-order valence-corrected chi connectivity index (χ2v) is 5.32. The predicted molar refractivity (Wildman–Crippen MR) is 97.4 cm³/mol. The number of nitrogens with zero attached hydrogens (tertiary/aromatic N) is 1. The van der Waals surface area contributed by atoms with E-state index in [1.54, 1.807) is 42.5 Å². The van der Waals surface area contributed by atoms with E-state index in [-0.39, 0.29) is 16.9 Å². The van der Waals surface area contributed by atoms with Gasteiger partial charge in [-0.05, 0) is 31.2 Å². The largest absolute Gasteiger partial charge is 0.366 e. The lowest BCUT2D eigenvalue weighted by atomic mass is 10.1. The number of nitriles is 1. The molecular weight excluding hydrogens is 332 g/mol. The van der Waals surface area contributed by atoms with Gasteiger partial charge in [0.25, 0.3) is 11.8 Å². The maximum Gasteiger partial charge on any atom is 0.267 e. The zero-order valence-corrected chi connectivity index (χ0v) is 13.9. The van der Waals surface area contributed by atoms with Crippen molar-refractivity contribution in [2.24, 2.45) is 5.73 Å². The van der Waals surface area contributed by atoms with Crippen LogP contribution in [0.1, 0.15) is 27.6 Å². The number of benzene rings is 2. The van der Waals surface area contributed by atoms with Crippen molar-refractivity contribution in [3.63, 3.8) is 0 Å². The fourth-order valence-corrected chi connectivity index (χ4v) is 2.14. The molecule has 0 radical (unpaired) electrons. The van der Waals surface area contributed by atoms with E-state index in [0.29, 0.717) is 16.9 Å². The van der Waals surface area contributed by atoms with Crippen molar-refractivity contribution >= 4 is 29.0 Å². The summed E-state index contributed by atoms with van der Waals surface area (Å²) in [5.41, 5.74) is 6.51. The first kappa shape index (κ1) is 18.4. The number of hydrogen-bond donors (Lipinski definition) is 3. The Labute approximate surface area is 150 Å². The number of carbonyl (C=O) groups excluding carboxylic acids is 3. The topological polar surface area (TPSA) is 125 Å². The van der Waals surface area contributed by atoms with Gasteiger partial charge in [-0.1, -0.05) is 24.3 Å². The van der Waals surface area contributed by atoms with Crippen molar-refractivity contribution in [2.75, 3.05) is 10.6 Å². The highest BCUT2D eigenvalue weighted by Crippen LogP contribution is 2.16. The zero-order chi connectivity index (χ0) is 19.1. The summed E-state index contributed by atoms with van der Waals surface area (Å²) in [5.74, 6) is -1.43. The van der Waals surface area contributed by atoms with E-state index in [9.17, 15) is 19.6 Å². The highest BCUT2D eigenvalue weighted by atomic mass is 16.2. The highest BCUT2D eigenvalue weighted by Gasteiger charge is 2.11. The summed E-state index contributed by atoms with van der Waals surface area (Å²) in [6.07, 6.45) is 1.19. The summed E-state index contributed by atoms with van der Waals surface area (Å²) in [6.45, 7) is 1.42. The first-order chi connectivity index (χ1) is 12.4. The third-order valence-electron chi connectivity index (χ3n) is 3.46. The van der Waals surface area contributed by atoms with Crippen LogP contribution in [0.2, 0.25) is 0 Å². The van der Waals surface area contributed by atoms with Gasteiger partial charge in [-0.2, -0.15) is 5.26 Å². The smallest absolute Gasteiger partial charge is 0.267 e. The maximum atomic E-state index is 12.2. The monoisotopic (exact) mass is 348 g/mol. The Morgan fingerprint density at radius 1 is 1.12 bits per heavy atom. The van der Waals surface area contributed by atoms with E-state index in [1.807, 2.05) is 0 Å². The summed E-state index contributed by atoms with van der Waals surface area (Å²) in [5, 5.41) is 14.5. The van der Waals surface area contributed by atoms with Crippen LogP contribution in [0.3, 0.4) is 0 Å².